The van der Waals surface area contributed by atoms with Crippen LogP contribution in [0, 0.1) is 0 Å². The van der Waals surface area contributed by atoms with Crippen molar-refractivity contribution in [1.82, 2.24) is 15.5 Å². The van der Waals surface area contributed by atoms with Crippen molar-refractivity contribution < 1.29 is 29.7 Å². The second-order valence-corrected chi connectivity index (χ2v) is 10.2. The van der Waals surface area contributed by atoms with Gasteiger partial charge in [-0.2, -0.15) is 0 Å². The number of fused-ring (bicyclic) bond motifs is 5. The predicted molar refractivity (Wildman–Crippen MR) is 182 cm³/mol. The highest BCUT2D eigenvalue weighted by Crippen LogP contribution is 2.31. The van der Waals surface area contributed by atoms with Crippen molar-refractivity contribution in [2.24, 2.45) is 22.9 Å². The molecule has 4 bridgehead atoms. The topological polar surface area (TPSA) is 243 Å². The summed E-state index contributed by atoms with van der Waals surface area (Å²) in [7, 11) is 0. The van der Waals surface area contributed by atoms with Gasteiger partial charge < -0.3 is 53.8 Å². The average molecular weight is 718 g/mol. The third kappa shape index (κ3) is 12.3. The number of aromatic hydroxyl groups is 2. The molecule has 1 aliphatic rings. The number of hydrogen-bond donors (Lipinski definition) is 9. The van der Waals surface area contributed by atoms with E-state index in [0.29, 0.717) is 28.7 Å². The molecule has 0 radical (unpaired) electrons. The Morgan fingerprint density at radius 1 is 0.867 bits per heavy atom. The maximum absolute atomic E-state index is 13.8. The quantitative estimate of drug-likeness (QED) is 0.164. The number of benzene rings is 2. The molecule has 1 unspecified atom stereocenters. The third-order valence-corrected chi connectivity index (χ3v) is 7.05. The Morgan fingerprint density at radius 3 is 1.93 bits per heavy atom. The normalized spacial score (nSPS) is 18.5. The summed E-state index contributed by atoms with van der Waals surface area (Å²) in [6.07, 6.45) is -0.532. The van der Waals surface area contributed by atoms with E-state index in [-0.39, 0.29) is 113 Å². The molecule has 0 aromatic heterocycles. The van der Waals surface area contributed by atoms with E-state index >= 15 is 0 Å². The van der Waals surface area contributed by atoms with E-state index in [2.05, 4.69) is 10.6 Å². The molecule has 0 saturated carbocycles. The van der Waals surface area contributed by atoms with Crippen molar-refractivity contribution in [2.45, 2.75) is 49.9 Å². The smallest absolute Gasteiger partial charge is 0.245 e. The molecule has 0 spiro atoms. The van der Waals surface area contributed by atoms with E-state index in [1.165, 1.54) is 17.0 Å². The average Bonchev–Trinajstić information content (AvgIpc) is 2.95. The Hall–Kier alpha value is -2.59. The Balaban J connectivity index is 0. The maximum Gasteiger partial charge on any atom is 0.245 e. The standard InChI is InChI=1S/C28H41N7O6.4ClH/c29-7-1-2-22-27(40)34-23(28(41)35(9-8-30)15-20(36)14-31)13-19-11-17(4-6-25(19)38)16-3-5-24(37)18(10-16)12-21(32)26(39)33-22;;;;/h3-6,10-11,20-23,36-38H,1-2,7-9,12-15,29-32H2,(H,33,39)(H,34,40);4*1H/t20?,21-,22-,23+;;;;/m0..../s1. The third-order valence-electron chi connectivity index (χ3n) is 7.05. The molecule has 17 heteroatoms. The number of halogens is 4. The molecule has 0 saturated heterocycles. The number of phenols is 2. The molecule has 0 aliphatic carbocycles. The number of amides is 3. The molecule has 1 heterocycles. The van der Waals surface area contributed by atoms with Gasteiger partial charge in [0.1, 0.15) is 23.6 Å². The van der Waals surface area contributed by atoms with Gasteiger partial charge in [-0.1, -0.05) is 12.1 Å². The van der Waals surface area contributed by atoms with Gasteiger partial charge in [-0.3, -0.25) is 14.4 Å². The summed E-state index contributed by atoms with van der Waals surface area (Å²) >= 11 is 0. The SMILES string of the molecule is Cl.Cl.Cl.Cl.NCCC[C@@H]1NC(=O)[C@@H](N)Cc2cc(ccc2O)-c2ccc(O)c(c2)C[C@H](C(=O)N(CCN)CC(O)CN)NC1=O. The summed E-state index contributed by atoms with van der Waals surface area (Å²) in [4.78, 5) is 41.7. The summed E-state index contributed by atoms with van der Waals surface area (Å²) in [5, 5.41) is 36.7. The van der Waals surface area contributed by atoms with Crippen LogP contribution in [-0.4, -0.2) is 94.9 Å². The molecular formula is C28H45Cl4N7O6. The molecule has 256 valence electrons. The molecule has 4 atom stereocenters. The van der Waals surface area contributed by atoms with E-state index in [1.54, 1.807) is 24.3 Å². The fourth-order valence-corrected chi connectivity index (χ4v) is 4.75. The van der Waals surface area contributed by atoms with Crippen LogP contribution in [0.15, 0.2) is 36.4 Å². The first-order valence-corrected chi connectivity index (χ1v) is 13.6. The largest absolute Gasteiger partial charge is 0.508 e. The van der Waals surface area contributed by atoms with Gasteiger partial charge in [0, 0.05) is 39.0 Å². The van der Waals surface area contributed by atoms with Crippen LogP contribution in [0.5, 0.6) is 11.5 Å². The highest BCUT2D eigenvalue weighted by Gasteiger charge is 2.32. The van der Waals surface area contributed by atoms with Crippen LogP contribution >= 0.6 is 49.6 Å². The van der Waals surface area contributed by atoms with Gasteiger partial charge in [-0.15, -0.1) is 49.6 Å². The summed E-state index contributed by atoms with van der Waals surface area (Å²) in [6, 6.07) is 6.40. The number of rotatable bonds is 9. The molecule has 3 rings (SSSR count). The van der Waals surface area contributed by atoms with E-state index in [4.69, 9.17) is 22.9 Å². The Bertz CT molecular complexity index is 1250. The first-order valence-electron chi connectivity index (χ1n) is 13.6. The van der Waals surface area contributed by atoms with Gasteiger partial charge in [-0.05, 0) is 65.9 Å². The molecule has 45 heavy (non-hydrogen) atoms. The fourth-order valence-electron chi connectivity index (χ4n) is 4.75. The molecule has 2 aromatic carbocycles. The number of nitrogens with zero attached hydrogens (tertiary/aromatic N) is 1. The predicted octanol–water partition coefficient (Wildman–Crippen LogP) is -0.307. The Labute approximate surface area is 287 Å². The van der Waals surface area contributed by atoms with Crippen molar-refractivity contribution in [3.63, 3.8) is 0 Å². The van der Waals surface area contributed by atoms with Crippen molar-refractivity contribution in [1.29, 1.82) is 0 Å². The number of nitrogens with one attached hydrogen (secondary N) is 2. The summed E-state index contributed by atoms with van der Waals surface area (Å²) in [5.41, 5.74) is 25.3. The lowest BCUT2D eigenvalue weighted by Crippen LogP contribution is -2.58. The van der Waals surface area contributed by atoms with Crippen LogP contribution < -0.4 is 33.6 Å². The van der Waals surface area contributed by atoms with Crippen LogP contribution in [0.25, 0.3) is 11.1 Å². The first-order chi connectivity index (χ1) is 19.6. The van der Waals surface area contributed by atoms with Gasteiger partial charge in [0.2, 0.25) is 17.7 Å². The number of aliphatic hydroxyl groups is 1. The minimum atomic E-state index is -1.19. The van der Waals surface area contributed by atoms with E-state index in [1.807, 2.05) is 0 Å². The lowest BCUT2D eigenvalue weighted by Gasteiger charge is -2.30. The van der Waals surface area contributed by atoms with Gasteiger partial charge in [-0.25, -0.2) is 0 Å². The van der Waals surface area contributed by atoms with Crippen LogP contribution in [0.3, 0.4) is 0 Å². The Kier molecular flexibility index (Phi) is 21.0. The van der Waals surface area contributed by atoms with E-state index in [9.17, 15) is 29.7 Å². The number of carbonyl (C=O) groups is 3. The number of hydrogen-bond acceptors (Lipinski definition) is 10. The van der Waals surface area contributed by atoms with Crippen molar-refractivity contribution >= 4 is 67.3 Å². The lowest BCUT2D eigenvalue weighted by molar-refractivity contribution is -0.138. The first kappa shape index (κ1) is 44.5. The number of nitrogens with two attached hydrogens (primary N) is 4. The molecule has 1 aliphatic heterocycles. The summed E-state index contributed by atoms with van der Waals surface area (Å²) in [6.45, 7) is 0.254. The summed E-state index contributed by atoms with van der Waals surface area (Å²) < 4.78 is 0. The van der Waals surface area contributed by atoms with E-state index in [0.717, 1.165) is 0 Å². The van der Waals surface area contributed by atoms with Gasteiger partial charge in [0.15, 0.2) is 0 Å². The van der Waals surface area contributed by atoms with E-state index < -0.39 is 42.0 Å². The lowest BCUT2D eigenvalue weighted by atomic mass is 9.95. The Morgan fingerprint density at radius 2 is 1.42 bits per heavy atom. The molecular weight excluding hydrogens is 672 g/mol. The zero-order chi connectivity index (χ0) is 30.1. The van der Waals surface area contributed by atoms with Crippen molar-refractivity contribution in [2.75, 3.05) is 32.7 Å². The molecule has 0 fully saturated rings. The summed E-state index contributed by atoms with van der Waals surface area (Å²) in [5.74, 6) is -1.93. The molecule has 2 aromatic rings. The molecule has 13 N–H and O–H groups in total. The maximum atomic E-state index is 13.8. The molecule has 13 nitrogen and oxygen atoms in total. The van der Waals surface area contributed by atoms with Gasteiger partial charge in [0.05, 0.1) is 12.1 Å². The van der Waals surface area contributed by atoms with Crippen LogP contribution in [0.1, 0.15) is 24.0 Å². The van der Waals surface area contributed by atoms with Crippen LogP contribution in [0.4, 0.5) is 0 Å². The van der Waals surface area contributed by atoms with Crippen LogP contribution in [-0.2, 0) is 27.2 Å². The fraction of sp³-hybridized carbons (Fsp3) is 0.464. The highest BCUT2D eigenvalue weighted by molar-refractivity contribution is 5.93. The highest BCUT2D eigenvalue weighted by atomic mass is 35.5. The number of carbonyl (C=O) groups excluding carboxylic acids is 3. The van der Waals surface area contributed by atoms with Gasteiger partial charge >= 0.3 is 0 Å². The van der Waals surface area contributed by atoms with Crippen LogP contribution in [0.2, 0.25) is 0 Å². The zero-order valence-electron chi connectivity index (χ0n) is 24.6. The van der Waals surface area contributed by atoms with Crippen molar-refractivity contribution in [3.8, 4) is 22.6 Å². The number of aliphatic hydroxyl groups excluding tert-OH is 1. The van der Waals surface area contributed by atoms with Gasteiger partial charge in [0.25, 0.3) is 0 Å². The second-order valence-electron chi connectivity index (χ2n) is 10.2. The molecule has 3 amide bonds. The van der Waals surface area contributed by atoms with Crippen molar-refractivity contribution in [3.05, 3.63) is 47.5 Å². The minimum absolute atomic E-state index is 0. The monoisotopic (exact) mass is 715 g/mol. The minimum Gasteiger partial charge on any atom is -0.508 e. The second kappa shape index (κ2) is 21.3. The number of phenolic OH excluding ortho intramolecular Hbond substituents is 2. The zero-order valence-corrected chi connectivity index (χ0v) is 27.9.